The summed E-state index contributed by atoms with van der Waals surface area (Å²) in [7, 11) is 0. The van der Waals surface area contributed by atoms with Gasteiger partial charge in [0.1, 0.15) is 11.0 Å². The summed E-state index contributed by atoms with van der Waals surface area (Å²) in [4.78, 5) is 21.3. The van der Waals surface area contributed by atoms with Crippen LogP contribution in [0.25, 0.3) is 11.0 Å². The Bertz CT molecular complexity index is 564. The van der Waals surface area contributed by atoms with E-state index in [1.807, 2.05) is 0 Å². The minimum Gasteiger partial charge on any atom is -0.292 e. The van der Waals surface area contributed by atoms with E-state index in [4.69, 9.17) is 0 Å². The Kier molecular flexibility index (Phi) is 2.82. The zero-order valence-electron chi connectivity index (χ0n) is 8.99. The van der Waals surface area contributed by atoms with Crippen molar-refractivity contribution in [1.29, 1.82) is 0 Å². The van der Waals surface area contributed by atoms with Gasteiger partial charge in [-0.3, -0.25) is 14.9 Å². The van der Waals surface area contributed by atoms with Crippen LogP contribution < -0.4 is 0 Å². The summed E-state index contributed by atoms with van der Waals surface area (Å²) in [6, 6.07) is 3.80. The zero-order chi connectivity index (χ0) is 12.4. The van der Waals surface area contributed by atoms with Gasteiger partial charge in [-0.1, -0.05) is 12.1 Å². The fraction of sp³-hybridized carbons (Fsp3) is 0.300. The minimum absolute atomic E-state index is 0.00606. The minimum atomic E-state index is -1.25. The number of benzene rings is 1. The van der Waals surface area contributed by atoms with Crippen LogP contribution in [0.15, 0.2) is 22.8 Å². The summed E-state index contributed by atoms with van der Waals surface area (Å²) in [5, 5.41) is 18.1. The quantitative estimate of drug-likeness (QED) is 0.579. The first-order chi connectivity index (χ1) is 8.09. The van der Waals surface area contributed by atoms with Crippen LogP contribution in [0.5, 0.6) is 0 Å². The number of hydrogen-bond donors (Lipinski definition) is 0. The molecule has 17 heavy (non-hydrogen) atoms. The van der Waals surface area contributed by atoms with Crippen molar-refractivity contribution in [3.8, 4) is 0 Å². The molecule has 1 atom stereocenters. The van der Waals surface area contributed by atoms with Crippen LogP contribution in [0.4, 0.5) is 0 Å². The number of rotatable bonds is 4. The Labute approximate surface area is 95.5 Å². The third-order valence-corrected chi connectivity index (χ3v) is 2.51. The molecule has 0 bridgehead atoms. The van der Waals surface area contributed by atoms with Gasteiger partial charge in [0.15, 0.2) is 0 Å². The van der Waals surface area contributed by atoms with Crippen LogP contribution in [0.2, 0.25) is 0 Å². The number of carbonyl (C=O) groups excluding carboxylic acids is 1. The average Bonchev–Trinajstić information content (AvgIpc) is 2.73. The first-order valence-electron chi connectivity index (χ1n) is 4.93. The molecule has 0 amide bonds. The monoisotopic (exact) mass is 235 g/mol. The Balaban J connectivity index is 2.37. The van der Waals surface area contributed by atoms with Gasteiger partial charge in [-0.05, 0) is 21.9 Å². The Morgan fingerprint density at radius 2 is 2.29 bits per heavy atom. The molecule has 2 rings (SSSR count). The van der Waals surface area contributed by atoms with Crippen LogP contribution in [-0.4, -0.2) is 27.1 Å². The third-order valence-electron chi connectivity index (χ3n) is 2.51. The lowest BCUT2D eigenvalue weighted by atomic mass is 10.0. The lowest BCUT2D eigenvalue weighted by Gasteiger charge is -2.05. The maximum atomic E-state index is 11.2. The van der Waals surface area contributed by atoms with Gasteiger partial charge >= 0.3 is 0 Å². The van der Waals surface area contributed by atoms with E-state index >= 15 is 0 Å². The van der Waals surface area contributed by atoms with Gasteiger partial charge in [0.05, 0.1) is 6.42 Å². The maximum Gasteiger partial charge on any atom is 0.274 e. The van der Waals surface area contributed by atoms with Crippen molar-refractivity contribution >= 4 is 16.8 Å². The highest BCUT2D eigenvalue weighted by Gasteiger charge is 2.27. The van der Waals surface area contributed by atoms with Gasteiger partial charge in [0.2, 0.25) is 5.78 Å². The molecule has 0 N–H and O–H groups in total. The van der Waals surface area contributed by atoms with E-state index in [1.54, 1.807) is 18.2 Å². The van der Waals surface area contributed by atoms with Crippen molar-refractivity contribution in [2.75, 3.05) is 0 Å². The van der Waals surface area contributed by atoms with Crippen molar-refractivity contribution in [3.63, 3.8) is 0 Å². The molecule has 0 spiro atoms. The van der Waals surface area contributed by atoms with Gasteiger partial charge < -0.3 is 0 Å². The van der Waals surface area contributed by atoms with Crippen LogP contribution in [0.3, 0.4) is 0 Å². The zero-order valence-corrected chi connectivity index (χ0v) is 8.99. The molecule has 1 aromatic carbocycles. The molecular weight excluding hydrogens is 226 g/mol. The smallest absolute Gasteiger partial charge is 0.274 e. The second-order valence-corrected chi connectivity index (χ2v) is 3.67. The van der Waals surface area contributed by atoms with Crippen LogP contribution in [0, 0.1) is 10.1 Å². The number of aromatic nitrogens is 2. The molecule has 1 aromatic heterocycles. The summed E-state index contributed by atoms with van der Waals surface area (Å²) in [6.07, 6.45) is -0.00606. The molecule has 7 heteroatoms. The lowest BCUT2D eigenvalue weighted by Crippen LogP contribution is -2.29. The molecule has 1 unspecified atom stereocenters. The average molecular weight is 235 g/mol. The molecule has 0 aliphatic rings. The predicted octanol–water partition coefficient (Wildman–Crippen LogP) is 1.000. The molecule has 0 saturated carbocycles. The fourth-order valence-electron chi connectivity index (χ4n) is 1.60. The topological polar surface area (TPSA) is 99.1 Å². The van der Waals surface area contributed by atoms with Crippen molar-refractivity contribution < 1.29 is 14.3 Å². The van der Waals surface area contributed by atoms with Gasteiger partial charge in [0, 0.05) is 11.8 Å². The van der Waals surface area contributed by atoms with E-state index in [-0.39, 0.29) is 6.42 Å². The number of nitro groups is 1. The second kappa shape index (κ2) is 4.28. The lowest BCUT2D eigenvalue weighted by molar-refractivity contribution is -0.506. The Morgan fingerprint density at radius 1 is 1.53 bits per heavy atom. The SMILES string of the molecule is CC(=O)C(Cc1cccc2nonc12)[N+](=O)[O-]. The summed E-state index contributed by atoms with van der Waals surface area (Å²) < 4.78 is 4.55. The second-order valence-electron chi connectivity index (χ2n) is 3.67. The van der Waals surface area contributed by atoms with Crippen molar-refractivity contribution in [2.45, 2.75) is 19.4 Å². The summed E-state index contributed by atoms with van der Waals surface area (Å²) in [5.74, 6) is -0.483. The van der Waals surface area contributed by atoms with Crippen LogP contribution >= 0.6 is 0 Å². The van der Waals surface area contributed by atoms with Gasteiger partial charge in [-0.2, -0.15) is 0 Å². The number of carbonyl (C=O) groups is 1. The van der Waals surface area contributed by atoms with E-state index in [9.17, 15) is 14.9 Å². The molecule has 7 nitrogen and oxygen atoms in total. The molecule has 1 heterocycles. The first-order valence-corrected chi connectivity index (χ1v) is 4.93. The van der Waals surface area contributed by atoms with Gasteiger partial charge in [-0.25, -0.2) is 4.63 Å². The van der Waals surface area contributed by atoms with Gasteiger partial charge in [-0.15, -0.1) is 0 Å². The van der Waals surface area contributed by atoms with E-state index in [0.717, 1.165) is 0 Å². The summed E-state index contributed by atoms with van der Waals surface area (Å²) >= 11 is 0. The molecule has 0 aliphatic carbocycles. The standard InChI is InChI=1S/C10H9N3O4/c1-6(14)9(13(15)16)5-7-3-2-4-8-10(7)12-17-11-8/h2-4,9H,5H2,1H3. The number of ketones is 1. The van der Waals surface area contributed by atoms with E-state index in [1.165, 1.54) is 6.92 Å². The summed E-state index contributed by atoms with van der Waals surface area (Å²) in [5.41, 5.74) is 1.56. The molecule has 0 saturated heterocycles. The van der Waals surface area contributed by atoms with Crippen LogP contribution in [0.1, 0.15) is 12.5 Å². The number of Topliss-reactive ketones (excluding diaryl/α,β-unsaturated/α-hetero) is 1. The van der Waals surface area contributed by atoms with Gasteiger partial charge in [0.25, 0.3) is 6.04 Å². The molecule has 2 aromatic rings. The molecule has 0 aliphatic heterocycles. The predicted molar refractivity (Wildman–Crippen MR) is 57.0 cm³/mol. The highest BCUT2D eigenvalue weighted by Crippen LogP contribution is 2.17. The van der Waals surface area contributed by atoms with E-state index < -0.39 is 16.7 Å². The van der Waals surface area contributed by atoms with Crippen molar-refractivity contribution in [3.05, 3.63) is 33.9 Å². The number of nitrogens with zero attached hydrogens (tertiary/aromatic N) is 3. The normalized spacial score (nSPS) is 12.5. The highest BCUT2D eigenvalue weighted by molar-refractivity contribution is 5.82. The molecule has 0 fully saturated rings. The van der Waals surface area contributed by atoms with Crippen LogP contribution in [-0.2, 0) is 11.2 Å². The summed E-state index contributed by atoms with van der Waals surface area (Å²) in [6.45, 7) is 1.20. The van der Waals surface area contributed by atoms with Crippen molar-refractivity contribution in [2.24, 2.45) is 0 Å². The fourth-order valence-corrected chi connectivity index (χ4v) is 1.60. The number of hydrogen-bond acceptors (Lipinski definition) is 6. The van der Waals surface area contributed by atoms with E-state index in [2.05, 4.69) is 14.9 Å². The maximum absolute atomic E-state index is 11.2. The molecular formula is C10H9N3O4. The highest BCUT2D eigenvalue weighted by atomic mass is 16.6. The molecule has 88 valence electrons. The molecule has 0 radical (unpaired) electrons. The largest absolute Gasteiger partial charge is 0.292 e. The van der Waals surface area contributed by atoms with Crippen molar-refractivity contribution in [1.82, 2.24) is 10.3 Å². The number of fused-ring (bicyclic) bond motifs is 1. The van der Waals surface area contributed by atoms with E-state index in [0.29, 0.717) is 16.6 Å². The first kappa shape index (κ1) is 11.2. The Morgan fingerprint density at radius 3 is 2.94 bits per heavy atom. The third kappa shape index (κ3) is 2.12. The Hall–Kier alpha value is -2.31.